The molecule has 0 bridgehead atoms. The molecule has 0 unspecified atom stereocenters. The monoisotopic (exact) mass is 534 g/mol. The second-order valence-corrected chi connectivity index (χ2v) is 8.96. The Kier molecular flexibility index (Phi) is 13.6. The Labute approximate surface area is 228 Å². The van der Waals surface area contributed by atoms with Gasteiger partial charge in [-0.25, -0.2) is 0 Å². The fourth-order valence-electron chi connectivity index (χ4n) is 4.72. The van der Waals surface area contributed by atoms with Gasteiger partial charge in [-0.3, -0.25) is 14.4 Å². The predicted octanol–water partition coefficient (Wildman–Crippen LogP) is 6.35. The van der Waals surface area contributed by atoms with E-state index in [0.717, 1.165) is 63.2 Å². The van der Waals surface area contributed by atoms with Crippen molar-refractivity contribution in [3.63, 3.8) is 0 Å². The Morgan fingerprint density at radius 2 is 0.972 bits per heavy atom. The highest BCUT2D eigenvalue weighted by atomic mass is 35.5. The summed E-state index contributed by atoms with van der Waals surface area (Å²) in [6.07, 6.45) is 2.57. The van der Waals surface area contributed by atoms with Gasteiger partial charge in [-0.05, 0) is 75.4 Å². The second kappa shape index (κ2) is 15.3. The molecule has 0 saturated heterocycles. The van der Waals surface area contributed by atoms with Crippen LogP contribution in [0.1, 0.15) is 90.0 Å². The Hall–Kier alpha value is -2.05. The number of fused-ring (bicyclic) bond motifs is 3. The molecule has 0 aliphatic heterocycles. The molecule has 36 heavy (non-hydrogen) atoms. The zero-order valence-corrected chi connectivity index (χ0v) is 23.6. The first-order valence-electron chi connectivity index (χ1n) is 12.8. The molecule has 2 aromatic rings. The van der Waals surface area contributed by atoms with Gasteiger partial charge in [0.25, 0.3) is 0 Å². The van der Waals surface area contributed by atoms with E-state index in [-0.39, 0.29) is 42.2 Å². The van der Waals surface area contributed by atoms with Gasteiger partial charge in [0, 0.05) is 35.1 Å². The van der Waals surface area contributed by atoms with Crippen LogP contribution in [0.3, 0.4) is 0 Å². The van der Waals surface area contributed by atoms with Crippen molar-refractivity contribution in [1.29, 1.82) is 0 Å². The lowest BCUT2D eigenvalue weighted by molar-refractivity contribution is 0.0967. The lowest BCUT2D eigenvalue weighted by Crippen LogP contribution is -2.24. The van der Waals surface area contributed by atoms with E-state index < -0.39 is 0 Å². The minimum absolute atomic E-state index is 0. The molecule has 0 radical (unpaired) electrons. The highest BCUT2D eigenvalue weighted by Crippen LogP contribution is 2.37. The molecule has 198 valence electrons. The number of carbonyl (C=O) groups excluding carboxylic acids is 3. The van der Waals surface area contributed by atoms with Crippen LogP contribution in [0.5, 0.6) is 0 Å². The van der Waals surface area contributed by atoms with E-state index in [2.05, 4.69) is 37.5 Å². The third-order valence-electron chi connectivity index (χ3n) is 7.01. The molecule has 2 aromatic carbocycles. The smallest absolute Gasteiger partial charge is 0.194 e. The van der Waals surface area contributed by atoms with Gasteiger partial charge in [-0.1, -0.05) is 52.0 Å². The number of nitrogens with zero attached hydrogens (tertiary/aromatic N) is 2. The van der Waals surface area contributed by atoms with E-state index in [4.69, 9.17) is 0 Å². The van der Waals surface area contributed by atoms with Crippen LogP contribution in [0.25, 0.3) is 11.1 Å². The number of benzene rings is 2. The average Bonchev–Trinajstić information content (AvgIpc) is 3.15. The zero-order valence-electron chi connectivity index (χ0n) is 22.0. The van der Waals surface area contributed by atoms with Gasteiger partial charge in [0.1, 0.15) is 0 Å². The summed E-state index contributed by atoms with van der Waals surface area (Å²) in [4.78, 5) is 43.3. The van der Waals surface area contributed by atoms with Gasteiger partial charge >= 0.3 is 0 Å². The number of hydrogen-bond donors (Lipinski definition) is 0. The summed E-state index contributed by atoms with van der Waals surface area (Å²) in [6, 6.07) is 10.9. The van der Waals surface area contributed by atoms with Gasteiger partial charge < -0.3 is 9.80 Å². The van der Waals surface area contributed by atoms with Crippen LogP contribution in [-0.4, -0.2) is 66.4 Å². The van der Waals surface area contributed by atoms with Crippen LogP contribution in [0, 0.1) is 0 Å². The first-order chi connectivity index (χ1) is 16.4. The standard InChI is InChI=1S/C29H38N2O3.2ClH/c1-5-30(6-2)17-9-11-27(32)21-13-15-23-24-16-14-22(20-26(24)29(34)25(23)19-21)28(33)12-10-18-31(7-3)8-4;;/h13-16,19-20H,5-12,17-18H2,1-4H3;2*1H. The van der Waals surface area contributed by atoms with Crippen molar-refractivity contribution in [2.45, 2.75) is 53.4 Å². The number of Topliss-reactive ketones (excluding diaryl/α,β-unsaturated/α-hetero) is 2. The third kappa shape index (κ3) is 7.48. The van der Waals surface area contributed by atoms with Crippen LogP contribution >= 0.6 is 24.8 Å². The molecule has 1 aliphatic carbocycles. The molecule has 1 aliphatic rings. The van der Waals surface area contributed by atoms with E-state index in [1.807, 2.05) is 24.3 Å². The third-order valence-corrected chi connectivity index (χ3v) is 7.01. The second-order valence-electron chi connectivity index (χ2n) is 8.96. The van der Waals surface area contributed by atoms with E-state index in [1.54, 1.807) is 12.1 Å². The molecule has 0 spiro atoms. The predicted molar refractivity (Wildman–Crippen MR) is 153 cm³/mol. The summed E-state index contributed by atoms with van der Waals surface area (Å²) in [5.74, 6) is 0.0474. The summed E-state index contributed by atoms with van der Waals surface area (Å²) < 4.78 is 0. The molecule has 7 heteroatoms. The van der Waals surface area contributed by atoms with Crippen molar-refractivity contribution < 1.29 is 14.4 Å². The summed E-state index contributed by atoms with van der Waals surface area (Å²) in [6.45, 7) is 14.2. The maximum atomic E-state index is 13.2. The summed E-state index contributed by atoms with van der Waals surface area (Å²) in [7, 11) is 0. The highest BCUT2D eigenvalue weighted by Gasteiger charge is 2.28. The first-order valence-corrected chi connectivity index (χ1v) is 12.8. The Balaban J connectivity index is 0.00000324. The van der Waals surface area contributed by atoms with E-state index in [9.17, 15) is 14.4 Å². The molecule has 0 amide bonds. The Morgan fingerprint density at radius 3 is 1.31 bits per heavy atom. The van der Waals surface area contributed by atoms with Crippen LogP contribution < -0.4 is 0 Å². The summed E-state index contributed by atoms with van der Waals surface area (Å²) >= 11 is 0. The Bertz CT molecular complexity index is 965. The highest BCUT2D eigenvalue weighted by molar-refractivity contribution is 6.23. The minimum Gasteiger partial charge on any atom is -0.304 e. The molecule has 5 nitrogen and oxygen atoms in total. The largest absolute Gasteiger partial charge is 0.304 e. The number of halogens is 2. The molecule has 0 fully saturated rings. The SMILES string of the molecule is CCN(CC)CCCC(=O)c1ccc2c(c1)C(=O)c1cc(C(=O)CCCN(CC)CC)ccc1-2.Cl.Cl. The average molecular weight is 536 g/mol. The van der Waals surface area contributed by atoms with Crippen molar-refractivity contribution in [2.24, 2.45) is 0 Å². The van der Waals surface area contributed by atoms with Crippen LogP contribution in [0.4, 0.5) is 0 Å². The number of ketones is 3. The van der Waals surface area contributed by atoms with Crippen LogP contribution in [0.2, 0.25) is 0 Å². The first kappa shape index (κ1) is 32.0. The summed E-state index contributed by atoms with van der Waals surface area (Å²) in [5, 5.41) is 0. The molecule has 3 rings (SSSR count). The minimum atomic E-state index is -0.0967. The summed E-state index contributed by atoms with van der Waals surface area (Å²) in [5.41, 5.74) is 4.01. The van der Waals surface area contributed by atoms with Crippen molar-refractivity contribution >= 4 is 42.2 Å². The van der Waals surface area contributed by atoms with E-state index in [0.29, 0.717) is 35.1 Å². The van der Waals surface area contributed by atoms with Crippen molar-refractivity contribution in [3.05, 3.63) is 58.7 Å². The van der Waals surface area contributed by atoms with E-state index in [1.165, 1.54) is 0 Å². The maximum Gasteiger partial charge on any atom is 0.194 e. The van der Waals surface area contributed by atoms with Gasteiger partial charge in [0.05, 0.1) is 0 Å². The molecule has 0 aromatic heterocycles. The number of carbonyl (C=O) groups is 3. The number of rotatable bonds is 14. The molecule has 0 heterocycles. The number of hydrogen-bond acceptors (Lipinski definition) is 5. The van der Waals surface area contributed by atoms with Gasteiger partial charge in [0.2, 0.25) is 0 Å². The van der Waals surface area contributed by atoms with Crippen molar-refractivity contribution in [2.75, 3.05) is 39.3 Å². The molecular weight excluding hydrogens is 495 g/mol. The molecule has 0 saturated carbocycles. The lowest BCUT2D eigenvalue weighted by atomic mass is 9.98. The van der Waals surface area contributed by atoms with E-state index >= 15 is 0 Å². The van der Waals surface area contributed by atoms with Crippen LogP contribution in [-0.2, 0) is 0 Å². The molecule has 0 N–H and O–H groups in total. The fraction of sp³-hybridized carbons (Fsp3) is 0.483. The van der Waals surface area contributed by atoms with Gasteiger partial charge in [-0.2, -0.15) is 0 Å². The lowest BCUT2D eigenvalue weighted by Gasteiger charge is -2.17. The zero-order chi connectivity index (χ0) is 24.7. The van der Waals surface area contributed by atoms with Crippen molar-refractivity contribution in [1.82, 2.24) is 9.80 Å². The topological polar surface area (TPSA) is 57.7 Å². The molecular formula is C29H40Cl2N2O3. The van der Waals surface area contributed by atoms with Gasteiger partial charge in [0.15, 0.2) is 17.3 Å². The Morgan fingerprint density at radius 1 is 0.611 bits per heavy atom. The fourth-order valence-corrected chi connectivity index (χ4v) is 4.72. The van der Waals surface area contributed by atoms with Crippen molar-refractivity contribution in [3.8, 4) is 11.1 Å². The molecule has 0 atom stereocenters. The van der Waals surface area contributed by atoms with Crippen LogP contribution in [0.15, 0.2) is 36.4 Å². The van der Waals surface area contributed by atoms with Gasteiger partial charge in [-0.15, -0.1) is 24.8 Å². The maximum absolute atomic E-state index is 13.2. The quantitative estimate of drug-likeness (QED) is 0.225. The normalized spacial score (nSPS) is 11.7.